The van der Waals surface area contributed by atoms with Crippen molar-refractivity contribution >= 4 is 17.4 Å². The summed E-state index contributed by atoms with van der Waals surface area (Å²) >= 11 is 5.65. The number of hydrogen-bond donors (Lipinski definition) is 2. The number of rotatable bonds is 3. The average Bonchev–Trinajstić information content (AvgIpc) is 2.34. The standard InChI is InChI=1S/C13H17ClFN3/c14-11-4-3-9(6-12(11)15)7-18-5-1-2-10(8-18)13(16)17/h3-4,6,10H,1-2,5,7-8H2,(H3,16,17). The van der Waals surface area contributed by atoms with Crippen molar-refractivity contribution in [2.75, 3.05) is 13.1 Å². The summed E-state index contributed by atoms with van der Waals surface area (Å²) in [6, 6.07) is 4.89. The van der Waals surface area contributed by atoms with Crippen molar-refractivity contribution < 1.29 is 4.39 Å². The zero-order chi connectivity index (χ0) is 13.1. The van der Waals surface area contributed by atoms with Crippen LogP contribution in [0.3, 0.4) is 0 Å². The predicted octanol–water partition coefficient (Wildman–Crippen LogP) is 2.63. The Hall–Kier alpha value is -1.13. The van der Waals surface area contributed by atoms with Gasteiger partial charge < -0.3 is 5.73 Å². The Kier molecular flexibility index (Phi) is 4.19. The van der Waals surface area contributed by atoms with Crippen LogP contribution in [0.15, 0.2) is 18.2 Å². The summed E-state index contributed by atoms with van der Waals surface area (Å²) in [5.74, 6) is 0.00665. The molecule has 0 saturated carbocycles. The van der Waals surface area contributed by atoms with Crippen LogP contribution in [0, 0.1) is 17.1 Å². The summed E-state index contributed by atoms with van der Waals surface area (Å²) < 4.78 is 13.3. The van der Waals surface area contributed by atoms with Gasteiger partial charge in [-0.25, -0.2) is 4.39 Å². The molecule has 0 aliphatic carbocycles. The molecule has 1 unspecified atom stereocenters. The zero-order valence-electron chi connectivity index (χ0n) is 10.1. The molecule has 3 nitrogen and oxygen atoms in total. The van der Waals surface area contributed by atoms with Crippen LogP contribution in [0.1, 0.15) is 18.4 Å². The van der Waals surface area contributed by atoms with Crippen LogP contribution >= 0.6 is 11.6 Å². The van der Waals surface area contributed by atoms with Crippen LogP contribution in [0.4, 0.5) is 4.39 Å². The lowest BCUT2D eigenvalue weighted by Gasteiger charge is -2.32. The Bertz CT molecular complexity index is 450. The summed E-state index contributed by atoms with van der Waals surface area (Å²) in [5, 5.41) is 7.65. The van der Waals surface area contributed by atoms with Crippen LogP contribution in [-0.2, 0) is 6.54 Å². The first-order valence-electron chi connectivity index (χ1n) is 6.06. The molecule has 2 rings (SSSR count). The van der Waals surface area contributed by atoms with E-state index in [4.69, 9.17) is 22.7 Å². The highest BCUT2D eigenvalue weighted by Gasteiger charge is 2.22. The fraction of sp³-hybridized carbons (Fsp3) is 0.462. The van der Waals surface area contributed by atoms with Crippen molar-refractivity contribution in [2.24, 2.45) is 11.7 Å². The third-order valence-electron chi connectivity index (χ3n) is 3.34. The maximum absolute atomic E-state index is 13.3. The summed E-state index contributed by atoms with van der Waals surface area (Å²) in [5.41, 5.74) is 6.45. The molecule has 5 heteroatoms. The van der Waals surface area contributed by atoms with E-state index in [0.717, 1.165) is 31.5 Å². The Morgan fingerprint density at radius 2 is 2.33 bits per heavy atom. The SMILES string of the molecule is N=C(N)C1CCCN(Cc2ccc(Cl)c(F)c2)C1. The minimum Gasteiger partial charge on any atom is -0.387 e. The molecular formula is C13H17ClFN3. The summed E-state index contributed by atoms with van der Waals surface area (Å²) in [6.45, 7) is 2.42. The number of piperidine rings is 1. The first-order valence-corrected chi connectivity index (χ1v) is 6.44. The largest absolute Gasteiger partial charge is 0.387 e. The van der Waals surface area contributed by atoms with Crippen molar-refractivity contribution in [3.63, 3.8) is 0 Å². The fourth-order valence-corrected chi connectivity index (χ4v) is 2.47. The molecule has 1 heterocycles. The molecular weight excluding hydrogens is 253 g/mol. The van der Waals surface area contributed by atoms with E-state index in [1.807, 2.05) is 6.07 Å². The van der Waals surface area contributed by atoms with Gasteiger partial charge in [-0.3, -0.25) is 10.3 Å². The Morgan fingerprint density at radius 3 is 3.00 bits per heavy atom. The number of halogens is 2. The smallest absolute Gasteiger partial charge is 0.142 e. The number of amidine groups is 1. The Balaban J connectivity index is 2.00. The molecule has 0 amide bonds. The lowest BCUT2D eigenvalue weighted by molar-refractivity contribution is 0.195. The van der Waals surface area contributed by atoms with E-state index in [0.29, 0.717) is 6.54 Å². The predicted molar refractivity (Wildman–Crippen MR) is 71.3 cm³/mol. The molecule has 3 N–H and O–H groups in total. The molecule has 1 fully saturated rings. The van der Waals surface area contributed by atoms with Gasteiger partial charge in [0, 0.05) is 19.0 Å². The van der Waals surface area contributed by atoms with Crippen molar-refractivity contribution in [3.8, 4) is 0 Å². The van der Waals surface area contributed by atoms with Gasteiger partial charge in [0.2, 0.25) is 0 Å². The second-order valence-electron chi connectivity index (χ2n) is 4.78. The molecule has 1 saturated heterocycles. The number of nitrogens with zero attached hydrogens (tertiary/aromatic N) is 1. The van der Waals surface area contributed by atoms with Gasteiger partial charge in [0.25, 0.3) is 0 Å². The quantitative estimate of drug-likeness (QED) is 0.655. The van der Waals surface area contributed by atoms with Crippen LogP contribution in [0.25, 0.3) is 0 Å². The van der Waals surface area contributed by atoms with Crippen molar-refractivity contribution in [2.45, 2.75) is 19.4 Å². The van der Waals surface area contributed by atoms with Crippen LogP contribution in [-0.4, -0.2) is 23.8 Å². The highest BCUT2D eigenvalue weighted by Crippen LogP contribution is 2.20. The van der Waals surface area contributed by atoms with Crippen LogP contribution < -0.4 is 5.73 Å². The first-order chi connectivity index (χ1) is 8.56. The van der Waals surface area contributed by atoms with Crippen LogP contribution in [0.2, 0.25) is 5.02 Å². The number of benzene rings is 1. The summed E-state index contributed by atoms with van der Waals surface area (Å²) in [7, 11) is 0. The van der Waals surface area contributed by atoms with Gasteiger partial charge in [-0.1, -0.05) is 17.7 Å². The third-order valence-corrected chi connectivity index (χ3v) is 3.64. The molecule has 0 bridgehead atoms. The lowest BCUT2D eigenvalue weighted by Crippen LogP contribution is -2.40. The molecule has 98 valence electrons. The maximum Gasteiger partial charge on any atom is 0.142 e. The van der Waals surface area contributed by atoms with E-state index >= 15 is 0 Å². The van der Waals surface area contributed by atoms with Gasteiger partial charge in [-0.05, 0) is 37.1 Å². The van der Waals surface area contributed by atoms with Gasteiger partial charge >= 0.3 is 0 Å². The number of likely N-dealkylation sites (tertiary alicyclic amines) is 1. The highest BCUT2D eigenvalue weighted by molar-refractivity contribution is 6.30. The van der Waals surface area contributed by atoms with Gasteiger partial charge in [-0.15, -0.1) is 0 Å². The van der Waals surface area contributed by atoms with E-state index in [-0.39, 0.29) is 22.6 Å². The molecule has 0 radical (unpaired) electrons. The highest BCUT2D eigenvalue weighted by atomic mass is 35.5. The molecule has 1 aliphatic rings. The van der Waals surface area contributed by atoms with Gasteiger partial charge in [0.15, 0.2) is 0 Å². The Labute approximate surface area is 111 Å². The van der Waals surface area contributed by atoms with Gasteiger partial charge in [0.05, 0.1) is 10.9 Å². The van der Waals surface area contributed by atoms with Gasteiger partial charge in [-0.2, -0.15) is 0 Å². The molecule has 1 aromatic carbocycles. The zero-order valence-corrected chi connectivity index (χ0v) is 10.9. The minimum atomic E-state index is -0.380. The van der Waals surface area contributed by atoms with E-state index in [1.54, 1.807) is 6.07 Å². The fourth-order valence-electron chi connectivity index (χ4n) is 2.35. The van der Waals surface area contributed by atoms with Crippen molar-refractivity contribution in [1.82, 2.24) is 4.90 Å². The normalized spacial score (nSPS) is 20.9. The second kappa shape index (κ2) is 5.67. The monoisotopic (exact) mass is 269 g/mol. The average molecular weight is 270 g/mol. The first kappa shape index (κ1) is 13.3. The number of nitrogens with one attached hydrogen (secondary N) is 1. The van der Waals surface area contributed by atoms with Crippen molar-refractivity contribution in [3.05, 3.63) is 34.6 Å². The van der Waals surface area contributed by atoms with Crippen molar-refractivity contribution in [1.29, 1.82) is 5.41 Å². The number of hydrogen-bond acceptors (Lipinski definition) is 2. The third kappa shape index (κ3) is 3.21. The Morgan fingerprint density at radius 1 is 1.56 bits per heavy atom. The van der Waals surface area contributed by atoms with E-state index < -0.39 is 0 Å². The number of nitrogens with two attached hydrogens (primary N) is 1. The minimum absolute atomic E-state index is 0.135. The van der Waals surface area contributed by atoms with E-state index in [1.165, 1.54) is 6.07 Å². The molecule has 1 aromatic rings. The topological polar surface area (TPSA) is 53.1 Å². The summed E-state index contributed by atoms with van der Waals surface area (Å²) in [4.78, 5) is 2.21. The molecule has 18 heavy (non-hydrogen) atoms. The van der Waals surface area contributed by atoms with Gasteiger partial charge in [0.1, 0.15) is 5.82 Å². The molecule has 1 aliphatic heterocycles. The second-order valence-corrected chi connectivity index (χ2v) is 5.19. The maximum atomic E-state index is 13.3. The lowest BCUT2D eigenvalue weighted by atomic mass is 9.96. The summed E-state index contributed by atoms with van der Waals surface area (Å²) in [6.07, 6.45) is 2.00. The van der Waals surface area contributed by atoms with E-state index in [2.05, 4.69) is 4.90 Å². The molecule has 0 spiro atoms. The molecule has 0 aromatic heterocycles. The van der Waals surface area contributed by atoms with Crippen LogP contribution in [0.5, 0.6) is 0 Å². The molecule has 1 atom stereocenters. The van der Waals surface area contributed by atoms with E-state index in [9.17, 15) is 4.39 Å².